The third kappa shape index (κ3) is 3.96. The molecule has 1 saturated heterocycles. The lowest BCUT2D eigenvalue weighted by atomic mass is 9.99. The molecule has 0 aliphatic carbocycles. The Hall–Kier alpha value is -2.96. The van der Waals surface area contributed by atoms with E-state index in [9.17, 15) is 14.7 Å². The highest BCUT2D eigenvalue weighted by molar-refractivity contribution is 6.45. The molecule has 6 heteroatoms. The molecule has 6 nitrogen and oxygen atoms in total. The number of anilines is 1. The van der Waals surface area contributed by atoms with Crippen LogP contribution in [0.5, 0.6) is 0 Å². The first-order valence-corrected chi connectivity index (χ1v) is 11.2. The van der Waals surface area contributed by atoms with E-state index in [-0.39, 0.29) is 18.4 Å². The highest BCUT2D eigenvalue weighted by atomic mass is 16.3. The first kappa shape index (κ1) is 22.2. The van der Waals surface area contributed by atoms with Crippen LogP contribution in [0, 0.1) is 27.7 Å². The number of hydrogen-bond donors (Lipinski definition) is 1. The minimum atomic E-state index is -0.266. The number of piperazine rings is 1. The highest BCUT2D eigenvalue weighted by Crippen LogP contribution is 2.37. The minimum Gasteiger partial charge on any atom is -0.395 e. The van der Waals surface area contributed by atoms with Gasteiger partial charge in [0.2, 0.25) is 0 Å². The zero-order chi connectivity index (χ0) is 23.0. The zero-order valence-electron chi connectivity index (χ0n) is 19.3. The molecule has 2 aromatic carbocycles. The van der Waals surface area contributed by atoms with Crippen LogP contribution in [0.2, 0.25) is 0 Å². The highest BCUT2D eigenvalue weighted by Gasteiger charge is 2.43. The third-order valence-corrected chi connectivity index (χ3v) is 6.55. The molecule has 4 rings (SSSR count). The topological polar surface area (TPSA) is 64.1 Å². The molecule has 0 atom stereocenters. The lowest BCUT2D eigenvalue weighted by Crippen LogP contribution is -2.48. The van der Waals surface area contributed by atoms with E-state index in [2.05, 4.69) is 4.90 Å². The molecule has 2 heterocycles. The van der Waals surface area contributed by atoms with Crippen molar-refractivity contribution in [2.24, 2.45) is 0 Å². The standard InChI is InChI=1S/C26H31N3O3/c1-17-5-8-22(20(4)15-17)29-25(31)23(21-7-6-18(2)19(3)16-21)24(26(29)32)28-11-9-27(10-12-28)13-14-30/h5-8,15-16,30H,9-14H2,1-4H3. The maximum absolute atomic E-state index is 13.7. The summed E-state index contributed by atoms with van der Waals surface area (Å²) in [5, 5.41) is 9.25. The number of carbonyl (C=O) groups is 2. The van der Waals surface area contributed by atoms with Crippen LogP contribution in [0.25, 0.3) is 5.57 Å². The van der Waals surface area contributed by atoms with Crippen LogP contribution in [-0.4, -0.2) is 66.1 Å². The van der Waals surface area contributed by atoms with E-state index < -0.39 is 0 Å². The Labute approximate surface area is 189 Å². The molecule has 2 amide bonds. The Kier molecular flexibility index (Phi) is 6.17. The van der Waals surface area contributed by atoms with Gasteiger partial charge in [0.15, 0.2) is 0 Å². The Morgan fingerprint density at radius 3 is 2.16 bits per heavy atom. The van der Waals surface area contributed by atoms with Crippen molar-refractivity contribution in [2.45, 2.75) is 27.7 Å². The number of β-amino-alcohol motifs (C(OH)–C–C–N with tert-alkyl or cyclic N) is 1. The maximum Gasteiger partial charge on any atom is 0.282 e. The van der Waals surface area contributed by atoms with Crippen LogP contribution in [0.15, 0.2) is 42.1 Å². The first-order chi connectivity index (χ1) is 15.3. The molecule has 2 aromatic rings. The van der Waals surface area contributed by atoms with Crippen molar-refractivity contribution in [1.29, 1.82) is 0 Å². The van der Waals surface area contributed by atoms with Crippen molar-refractivity contribution in [3.8, 4) is 0 Å². The summed E-state index contributed by atoms with van der Waals surface area (Å²) in [5.74, 6) is -0.524. The number of imide groups is 1. The summed E-state index contributed by atoms with van der Waals surface area (Å²) in [7, 11) is 0. The van der Waals surface area contributed by atoms with Crippen molar-refractivity contribution in [3.05, 3.63) is 69.9 Å². The average Bonchev–Trinajstić information content (AvgIpc) is 3.01. The number of amides is 2. The SMILES string of the molecule is Cc1ccc(N2C(=O)C(c3ccc(C)c(C)c3)=C(N3CCN(CCO)CC3)C2=O)c(C)c1. The first-order valence-electron chi connectivity index (χ1n) is 11.2. The van der Waals surface area contributed by atoms with Crippen LogP contribution < -0.4 is 4.90 Å². The molecule has 0 saturated carbocycles. The van der Waals surface area contributed by atoms with Crippen LogP contribution in [0.4, 0.5) is 5.69 Å². The molecule has 2 aliphatic heterocycles. The Morgan fingerprint density at radius 1 is 0.812 bits per heavy atom. The lowest BCUT2D eigenvalue weighted by Gasteiger charge is -2.36. The van der Waals surface area contributed by atoms with Gasteiger partial charge in [0.05, 0.1) is 17.9 Å². The van der Waals surface area contributed by atoms with Crippen molar-refractivity contribution in [1.82, 2.24) is 9.80 Å². The van der Waals surface area contributed by atoms with E-state index in [0.29, 0.717) is 36.6 Å². The van der Waals surface area contributed by atoms with Crippen molar-refractivity contribution in [3.63, 3.8) is 0 Å². The number of aryl methyl sites for hydroxylation is 4. The molecular weight excluding hydrogens is 402 g/mol. The second-order valence-corrected chi connectivity index (χ2v) is 8.81. The van der Waals surface area contributed by atoms with Gasteiger partial charge < -0.3 is 10.0 Å². The Balaban J connectivity index is 1.78. The molecular formula is C26H31N3O3. The summed E-state index contributed by atoms with van der Waals surface area (Å²) in [6, 6.07) is 11.7. The van der Waals surface area contributed by atoms with Gasteiger partial charge in [-0.1, -0.05) is 35.9 Å². The molecule has 0 bridgehead atoms. The second-order valence-electron chi connectivity index (χ2n) is 8.81. The lowest BCUT2D eigenvalue weighted by molar-refractivity contribution is -0.120. The van der Waals surface area contributed by atoms with E-state index in [4.69, 9.17) is 0 Å². The van der Waals surface area contributed by atoms with Crippen LogP contribution in [0.1, 0.15) is 27.8 Å². The van der Waals surface area contributed by atoms with E-state index in [1.807, 2.05) is 69.0 Å². The van der Waals surface area contributed by atoms with E-state index >= 15 is 0 Å². The average molecular weight is 434 g/mol. The molecule has 168 valence electrons. The number of aliphatic hydroxyl groups is 1. The number of hydrogen-bond acceptors (Lipinski definition) is 5. The molecule has 0 radical (unpaired) electrons. The fraction of sp³-hybridized carbons (Fsp3) is 0.385. The molecule has 0 unspecified atom stereocenters. The van der Waals surface area contributed by atoms with Gasteiger partial charge in [-0.05, 0) is 56.0 Å². The summed E-state index contributed by atoms with van der Waals surface area (Å²) < 4.78 is 0. The maximum atomic E-state index is 13.7. The molecule has 2 aliphatic rings. The predicted octanol–water partition coefficient (Wildman–Crippen LogP) is 2.81. The fourth-order valence-corrected chi connectivity index (χ4v) is 4.58. The van der Waals surface area contributed by atoms with Gasteiger partial charge in [-0.15, -0.1) is 0 Å². The van der Waals surface area contributed by atoms with E-state index in [0.717, 1.165) is 40.9 Å². The van der Waals surface area contributed by atoms with E-state index in [1.165, 1.54) is 4.90 Å². The van der Waals surface area contributed by atoms with Crippen LogP contribution in [0.3, 0.4) is 0 Å². The second kappa shape index (κ2) is 8.88. The predicted molar refractivity (Wildman–Crippen MR) is 126 cm³/mol. The van der Waals surface area contributed by atoms with Gasteiger partial charge in [-0.3, -0.25) is 14.5 Å². The summed E-state index contributed by atoms with van der Waals surface area (Å²) in [6.45, 7) is 11.5. The van der Waals surface area contributed by atoms with Gasteiger partial charge >= 0.3 is 0 Å². The summed E-state index contributed by atoms with van der Waals surface area (Å²) in [4.78, 5) is 33.1. The minimum absolute atomic E-state index is 0.120. The molecule has 0 aromatic heterocycles. The summed E-state index contributed by atoms with van der Waals surface area (Å²) in [6.07, 6.45) is 0. The Morgan fingerprint density at radius 2 is 1.53 bits per heavy atom. The van der Waals surface area contributed by atoms with Crippen LogP contribution >= 0.6 is 0 Å². The largest absolute Gasteiger partial charge is 0.395 e. The number of rotatable bonds is 5. The van der Waals surface area contributed by atoms with Crippen molar-refractivity contribution < 1.29 is 14.7 Å². The molecule has 1 N–H and O–H groups in total. The Bertz CT molecular complexity index is 1100. The quantitative estimate of drug-likeness (QED) is 0.735. The summed E-state index contributed by atoms with van der Waals surface area (Å²) in [5.41, 5.74) is 6.62. The van der Waals surface area contributed by atoms with E-state index in [1.54, 1.807) is 0 Å². The van der Waals surface area contributed by atoms with Gasteiger partial charge in [0.25, 0.3) is 11.8 Å². The molecule has 1 fully saturated rings. The van der Waals surface area contributed by atoms with Gasteiger partial charge in [0.1, 0.15) is 5.70 Å². The zero-order valence-corrected chi connectivity index (χ0v) is 19.3. The normalized spacial score (nSPS) is 17.7. The monoisotopic (exact) mass is 433 g/mol. The van der Waals surface area contributed by atoms with Crippen molar-refractivity contribution in [2.75, 3.05) is 44.2 Å². The smallest absolute Gasteiger partial charge is 0.282 e. The number of nitrogens with zero attached hydrogens (tertiary/aromatic N) is 3. The third-order valence-electron chi connectivity index (χ3n) is 6.55. The number of carbonyl (C=O) groups excluding carboxylic acids is 2. The van der Waals surface area contributed by atoms with Gasteiger partial charge in [0, 0.05) is 32.7 Å². The van der Waals surface area contributed by atoms with Crippen molar-refractivity contribution >= 4 is 23.1 Å². The van der Waals surface area contributed by atoms with Crippen LogP contribution in [-0.2, 0) is 9.59 Å². The summed E-state index contributed by atoms with van der Waals surface area (Å²) >= 11 is 0. The molecule has 0 spiro atoms. The number of benzene rings is 2. The number of aliphatic hydroxyl groups excluding tert-OH is 1. The van der Waals surface area contributed by atoms with Gasteiger partial charge in [-0.25, -0.2) is 4.90 Å². The van der Waals surface area contributed by atoms with Gasteiger partial charge in [-0.2, -0.15) is 0 Å². The molecule has 32 heavy (non-hydrogen) atoms. The fourth-order valence-electron chi connectivity index (χ4n) is 4.58.